The molecule has 1 amide bonds. The standard InChI is InChI=1S/C21H26N2O3S/c1-25-17-4-3-16(11-18(17)26-2)20(24)23(13-15-5-10-27-14-15)19-12-21(19)6-8-22-9-7-21/h3-5,10-11,14,19,22H,6-9,12-13H2,1-2H3. The minimum atomic E-state index is 0.0718. The van der Waals surface area contributed by atoms with Crippen molar-refractivity contribution in [1.29, 1.82) is 0 Å². The van der Waals surface area contributed by atoms with Crippen LogP contribution in [0.3, 0.4) is 0 Å². The Morgan fingerprint density at radius 2 is 2.00 bits per heavy atom. The summed E-state index contributed by atoms with van der Waals surface area (Å²) in [6.07, 6.45) is 3.41. The van der Waals surface area contributed by atoms with Gasteiger partial charge < -0.3 is 19.7 Å². The van der Waals surface area contributed by atoms with Crippen LogP contribution in [0.2, 0.25) is 0 Å². The molecule has 6 heteroatoms. The van der Waals surface area contributed by atoms with E-state index in [-0.39, 0.29) is 5.91 Å². The van der Waals surface area contributed by atoms with Crippen molar-refractivity contribution < 1.29 is 14.3 Å². The molecule has 1 aliphatic heterocycles. The smallest absolute Gasteiger partial charge is 0.254 e. The fourth-order valence-electron chi connectivity index (χ4n) is 4.27. The normalized spacial score (nSPS) is 20.3. The Hall–Kier alpha value is -2.05. The van der Waals surface area contributed by atoms with E-state index in [1.165, 1.54) is 5.56 Å². The number of methoxy groups -OCH3 is 2. The van der Waals surface area contributed by atoms with Crippen LogP contribution < -0.4 is 14.8 Å². The summed E-state index contributed by atoms with van der Waals surface area (Å²) in [6, 6.07) is 7.86. The molecule has 2 aromatic rings. The molecule has 2 heterocycles. The minimum Gasteiger partial charge on any atom is -0.493 e. The topological polar surface area (TPSA) is 50.8 Å². The largest absolute Gasteiger partial charge is 0.493 e. The number of benzene rings is 1. The Morgan fingerprint density at radius 3 is 2.67 bits per heavy atom. The summed E-state index contributed by atoms with van der Waals surface area (Å²) >= 11 is 1.67. The van der Waals surface area contributed by atoms with Gasteiger partial charge in [-0.05, 0) is 78.4 Å². The first-order valence-corrected chi connectivity index (χ1v) is 10.4. The van der Waals surface area contributed by atoms with E-state index in [1.807, 2.05) is 12.1 Å². The fraction of sp³-hybridized carbons (Fsp3) is 0.476. The Labute approximate surface area is 164 Å². The quantitative estimate of drug-likeness (QED) is 0.825. The zero-order valence-electron chi connectivity index (χ0n) is 15.9. The van der Waals surface area contributed by atoms with Gasteiger partial charge in [0.05, 0.1) is 14.2 Å². The lowest BCUT2D eigenvalue weighted by Crippen LogP contribution is -2.39. The van der Waals surface area contributed by atoms with E-state index in [2.05, 4.69) is 27.0 Å². The first kappa shape index (κ1) is 18.3. The van der Waals surface area contributed by atoms with Gasteiger partial charge in [0.2, 0.25) is 0 Å². The lowest BCUT2D eigenvalue weighted by molar-refractivity contribution is 0.0692. The van der Waals surface area contributed by atoms with Gasteiger partial charge in [-0.2, -0.15) is 11.3 Å². The zero-order chi connectivity index (χ0) is 18.9. The number of ether oxygens (including phenoxy) is 2. The van der Waals surface area contributed by atoms with Crippen molar-refractivity contribution in [2.75, 3.05) is 27.3 Å². The van der Waals surface area contributed by atoms with E-state index in [4.69, 9.17) is 9.47 Å². The average molecular weight is 387 g/mol. The van der Waals surface area contributed by atoms with E-state index in [1.54, 1.807) is 31.6 Å². The number of thiophene rings is 1. The predicted octanol–water partition coefficient (Wildman–Crippen LogP) is 3.55. The van der Waals surface area contributed by atoms with Crippen LogP contribution in [0.5, 0.6) is 11.5 Å². The summed E-state index contributed by atoms with van der Waals surface area (Å²) < 4.78 is 10.7. The Kier molecular flexibility index (Phi) is 5.10. The molecule has 1 N–H and O–H groups in total. The zero-order valence-corrected chi connectivity index (χ0v) is 16.7. The first-order valence-electron chi connectivity index (χ1n) is 9.42. The molecule has 1 unspecified atom stereocenters. The molecule has 5 nitrogen and oxygen atoms in total. The van der Waals surface area contributed by atoms with Crippen LogP contribution in [0.15, 0.2) is 35.0 Å². The maximum Gasteiger partial charge on any atom is 0.254 e. The summed E-state index contributed by atoms with van der Waals surface area (Å²) in [6.45, 7) is 2.76. The van der Waals surface area contributed by atoms with Gasteiger partial charge in [-0.15, -0.1) is 0 Å². The summed E-state index contributed by atoms with van der Waals surface area (Å²) in [5, 5.41) is 7.64. The molecule has 1 saturated carbocycles. The van der Waals surface area contributed by atoms with Crippen molar-refractivity contribution in [3.63, 3.8) is 0 Å². The number of hydrogen-bond acceptors (Lipinski definition) is 5. The minimum absolute atomic E-state index is 0.0718. The first-order chi connectivity index (χ1) is 13.2. The molecule has 2 fully saturated rings. The second kappa shape index (κ2) is 7.52. The Balaban J connectivity index is 1.61. The molecule has 2 aliphatic rings. The van der Waals surface area contributed by atoms with Gasteiger partial charge in [-0.3, -0.25) is 4.79 Å². The summed E-state index contributed by atoms with van der Waals surface area (Å²) in [5.74, 6) is 1.30. The molecule has 144 valence electrons. The van der Waals surface area contributed by atoms with Crippen LogP contribution in [-0.4, -0.2) is 44.2 Å². The number of hydrogen-bond donors (Lipinski definition) is 1. The van der Waals surface area contributed by atoms with Gasteiger partial charge in [0.15, 0.2) is 11.5 Å². The number of rotatable bonds is 6. The van der Waals surface area contributed by atoms with Crippen LogP contribution in [0, 0.1) is 5.41 Å². The van der Waals surface area contributed by atoms with Gasteiger partial charge >= 0.3 is 0 Å². The van der Waals surface area contributed by atoms with Crippen molar-refractivity contribution in [1.82, 2.24) is 10.2 Å². The van der Waals surface area contributed by atoms with Gasteiger partial charge in [-0.1, -0.05) is 0 Å². The predicted molar refractivity (Wildman–Crippen MR) is 107 cm³/mol. The molecule has 1 aromatic heterocycles. The van der Waals surface area contributed by atoms with E-state index in [0.717, 1.165) is 32.4 Å². The van der Waals surface area contributed by atoms with Crippen LogP contribution in [0.1, 0.15) is 35.2 Å². The summed E-state index contributed by atoms with van der Waals surface area (Å²) in [7, 11) is 3.20. The highest BCUT2D eigenvalue weighted by molar-refractivity contribution is 7.07. The number of piperidine rings is 1. The molecule has 4 rings (SSSR count). The molecule has 1 aliphatic carbocycles. The van der Waals surface area contributed by atoms with Crippen molar-refractivity contribution in [3.05, 3.63) is 46.2 Å². The highest BCUT2D eigenvalue weighted by atomic mass is 32.1. The highest BCUT2D eigenvalue weighted by Gasteiger charge is 2.57. The molecule has 1 atom stereocenters. The second-order valence-corrected chi connectivity index (χ2v) is 8.25. The van der Waals surface area contributed by atoms with Crippen LogP contribution in [-0.2, 0) is 6.54 Å². The number of carbonyl (C=O) groups is 1. The summed E-state index contributed by atoms with van der Waals surface area (Å²) in [4.78, 5) is 15.5. The van der Waals surface area contributed by atoms with Crippen molar-refractivity contribution >= 4 is 17.2 Å². The third-order valence-corrected chi connectivity index (χ3v) is 6.68. The molecular weight excluding hydrogens is 360 g/mol. The monoisotopic (exact) mass is 386 g/mol. The molecule has 0 bridgehead atoms. The van der Waals surface area contributed by atoms with Crippen LogP contribution in [0.25, 0.3) is 0 Å². The molecule has 1 spiro atoms. The third kappa shape index (κ3) is 3.56. The van der Waals surface area contributed by atoms with Gasteiger partial charge in [0.1, 0.15) is 0 Å². The maximum atomic E-state index is 13.5. The van der Waals surface area contributed by atoms with Crippen molar-refractivity contribution in [3.8, 4) is 11.5 Å². The molecule has 27 heavy (non-hydrogen) atoms. The van der Waals surface area contributed by atoms with Crippen LogP contribution >= 0.6 is 11.3 Å². The molecular formula is C21H26N2O3S. The number of carbonyl (C=O) groups excluding carboxylic acids is 1. The van der Waals surface area contributed by atoms with E-state index >= 15 is 0 Å². The van der Waals surface area contributed by atoms with Gasteiger partial charge in [0.25, 0.3) is 5.91 Å². The average Bonchev–Trinajstić information content (AvgIpc) is 3.14. The van der Waals surface area contributed by atoms with Crippen molar-refractivity contribution in [2.24, 2.45) is 5.41 Å². The van der Waals surface area contributed by atoms with E-state index in [9.17, 15) is 4.79 Å². The maximum absolute atomic E-state index is 13.5. The van der Waals surface area contributed by atoms with Crippen LogP contribution in [0.4, 0.5) is 0 Å². The van der Waals surface area contributed by atoms with Gasteiger partial charge in [0, 0.05) is 18.2 Å². The molecule has 1 aromatic carbocycles. The van der Waals surface area contributed by atoms with Gasteiger partial charge in [-0.25, -0.2) is 0 Å². The molecule has 1 saturated heterocycles. The number of nitrogens with one attached hydrogen (secondary N) is 1. The number of amides is 1. The van der Waals surface area contributed by atoms with E-state index in [0.29, 0.717) is 35.1 Å². The third-order valence-electron chi connectivity index (χ3n) is 5.95. The fourth-order valence-corrected chi connectivity index (χ4v) is 4.93. The second-order valence-electron chi connectivity index (χ2n) is 7.47. The number of nitrogens with zero attached hydrogens (tertiary/aromatic N) is 1. The van der Waals surface area contributed by atoms with Crippen molar-refractivity contribution in [2.45, 2.75) is 31.8 Å². The SMILES string of the molecule is COc1ccc(C(=O)N(Cc2ccsc2)C2CC23CCNCC3)cc1OC. The lowest BCUT2D eigenvalue weighted by atomic mass is 9.93. The summed E-state index contributed by atoms with van der Waals surface area (Å²) in [5.41, 5.74) is 2.15. The Morgan fingerprint density at radius 1 is 1.22 bits per heavy atom. The Bertz CT molecular complexity index is 800. The highest BCUT2D eigenvalue weighted by Crippen LogP contribution is 2.56. The van der Waals surface area contributed by atoms with E-state index < -0.39 is 0 Å². The lowest BCUT2D eigenvalue weighted by Gasteiger charge is -2.30. The molecule has 0 radical (unpaired) electrons.